The molecule has 0 saturated heterocycles. The molecule has 0 aliphatic rings. The van der Waals surface area contributed by atoms with Crippen molar-refractivity contribution in [1.82, 2.24) is 14.7 Å². The van der Waals surface area contributed by atoms with Crippen molar-refractivity contribution >= 4 is 5.97 Å². The van der Waals surface area contributed by atoms with Gasteiger partial charge in [-0.3, -0.25) is 9.58 Å². The van der Waals surface area contributed by atoms with Crippen LogP contribution in [-0.4, -0.2) is 46.0 Å². The summed E-state index contributed by atoms with van der Waals surface area (Å²) in [6.07, 6.45) is 2.83. The fourth-order valence-electron chi connectivity index (χ4n) is 2.42. The summed E-state index contributed by atoms with van der Waals surface area (Å²) in [5.74, 6) is -0.0288. The molecule has 7 heteroatoms. The minimum Gasteiger partial charge on any atom is -0.493 e. The van der Waals surface area contributed by atoms with Gasteiger partial charge in [0.2, 0.25) is 0 Å². The van der Waals surface area contributed by atoms with Crippen molar-refractivity contribution in [1.29, 1.82) is 0 Å². The van der Waals surface area contributed by atoms with Crippen LogP contribution in [0.4, 0.5) is 0 Å². The maximum atomic E-state index is 11.1. The molecule has 2 rings (SSSR count). The first-order valence-corrected chi connectivity index (χ1v) is 7.62. The SMILES string of the molecule is COc1cccc(CN(C)Cc2cnn(C)c2)c1O[C@@H](C)C(=O)O. The van der Waals surface area contributed by atoms with Crippen LogP contribution in [0.3, 0.4) is 0 Å². The van der Waals surface area contributed by atoms with Crippen LogP contribution in [0.1, 0.15) is 18.1 Å². The summed E-state index contributed by atoms with van der Waals surface area (Å²) in [6, 6.07) is 5.53. The Balaban J connectivity index is 2.17. The summed E-state index contributed by atoms with van der Waals surface area (Å²) in [6.45, 7) is 2.81. The van der Waals surface area contributed by atoms with Crippen LogP contribution >= 0.6 is 0 Å². The second-order valence-corrected chi connectivity index (χ2v) is 5.74. The highest BCUT2D eigenvalue weighted by molar-refractivity contribution is 5.72. The van der Waals surface area contributed by atoms with Crippen LogP contribution in [-0.2, 0) is 24.9 Å². The lowest BCUT2D eigenvalue weighted by Crippen LogP contribution is -2.24. The summed E-state index contributed by atoms with van der Waals surface area (Å²) in [5.41, 5.74) is 1.97. The van der Waals surface area contributed by atoms with E-state index in [4.69, 9.17) is 14.6 Å². The predicted molar refractivity (Wildman–Crippen MR) is 89.1 cm³/mol. The van der Waals surface area contributed by atoms with E-state index in [1.165, 1.54) is 14.0 Å². The molecule has 0 amide bonds. The molecule has 1 N–H and O–H groups in total. The quantitative estimate of drug-likeness (QED) is 0.795. The molecule has 0 fully saturated rings. The van der Waals surface area contributed by atoms with E-state index in [9.17, 15) is 4.79 Å². The monoisotopic (exact) mass is 333 g/mol. The van der Waals surface area contributed by atoms with Gasteiger partial charge < -0.3 is 14.6 Å². The number of rotatable bonds is 8. The highest BCUT2D eigenvalue weighted by atomic mass is 16.5. The molecule has 0 unspecified atom stereocenters. The van der Waals surface area contributed by atoms with Gasteiger partial charge in [-0.15, -0.1) is 0 Å². The van der Waals surface area contributed by atoms with E-state index in [-0.39, 0.29) is 0 Å². The number of ether oxygens (including phenoxy) is 2. The zero-order valence-electron chi connectivity index (χ0n) is 14.4. The number of hydrogen-bond acceptors (Lipinski definition) is 5. The number of methoxy groups -OCH3 is 1. The molecule has 1 aromatic heterocycles. The molecule has 1 aromatic carbocycles. The number of aromatic nitrogens is 2. The van der Waals surface area contributed by atoms with Crippen LogP contribution in [0.2, 0.25) is 0 Å². The van der Waals surface area contributed by atoms with Crippen molar-refractivity contribution < 1.29 is 19.4 Å². The van der Waals surface area contributed by atoms with Gasteiger partial charge in [0, 0.05) is 37.5 Å². The Labute approximate surface area is 141 Å². The Kier molecular flexibility index (Phi) is 5.81. The van der Waals surface area contributed by atoms with E-state index in [2.05, 4.69) is 10.00 Å². The smallest absolute Gasteiger partial charge is 0.344 e. The molecule has 0 aliphatic carbocycles. The number of carboxylic acids is 1. The van der Waals surface area contributed by atoms with E-state index in [1.807, 2.05) is 38.6 Å². The normalized spacial score (nSPS) is 12.2. The third-order valence-corrected chi connectivity index (χ3v) is 3.57. The third kappa shape index (κ3) is 4.48. The fourth-order valence-corrected chi connectivity index (χ4v) is 2.42. The van der Waals surface area contributed by atoms with Gasteiger partial charge in [0.15, 0.2) is 17.6 Å². The first kappa shape index (κ1) is 17.8. The minimum atomic E-state index is -1.02. The standard InChI is InChI=1S/C17H23N3O4/c1-12(17(21)22)24-16-14(6-5-7-15(16)23-4)11-19(2)9-13-8-18-20(3)10-13/h5-8,10,12H,9,11H2,1-4H3,(H,21,22)/t12-/m0/s1. The summed E-state index contributed by atoms with van der Waals surface area (Å²) in [4.78, 5) is 13.2. The second kappa shape index (κ2) is 7.83. The number of para-hydroxylation sites is 1. The second-order valence-electron chi connectivity index (χ2n) is 5.74. The molecular formula is C17H23N3O4. The third-order valence-electron chi connectivity index (χ3n) is 3.57. The lowest BCUT2D eigenvalue weighted by molar-refractivity contribution is -0.144. The molecular weight excluding hydrogens is 310 g/mol. The van der Waals surface area contributed by atoms with E-state index < -0.39 is 12.1 Å². The lowest BCUT2D eigenvalue weighted by atomic mass is 10.1. The zero-order valence-corrected chi connectivity index (χ0v) is 14.4. The molecule has 7 nitrogen and oxygen atoms in total. The van der Waals surface area contributed by atoms with Crippen molar-refractivity contribution in [2.75, 3.05) is 14.2 Å². The molecule has 0 bridgehead atoms. The molecule has 0 saturated carbocycles. The molecule has 1 heterocycles. The lowest BCUT2D eigenvalue weighted by Gasteiger charge is -2.21. The number of hydrogen-bond donors (Lipinski definition) is 1. The van der Waals surface area contributed by atoms with E-state index in [1.54, 1.807) is 10.7 Å². The molecule has 1 atom stereocenters. The average molecular weight is 333 g/mol. The Hall–Kier alpha value is -2.54. The van der Waals surface area contributed by atoms with Gasteiger partial charge in [-0.25, -0.2) is 4.79 Å². The molecule has 130 valence electrons. The molecule has 0 spiro atoms. The van der Waals surface area contributed by atoms with E-state index in [0.29, 0.717) is 18.0 Å². The summed E-state index contributed by atoms with van der Waals surface area (Å²) >= 11 is 0. The number of benzene rings is 1. The van der Waals surface area contributed by atoms with Crippen LogP contribution in [0, 0.1) is 0 Å². The van der Waals surface area contributed by atoms with Crippen LogP contribution in [0.5, 0.6) is 11.5 Å². The molecule has 0 aliphatic heterocycles. The fraction of sp³-hybridized carbons (Fsp3) is 0.412. The Morgan fingerprint density at radius 2 is 2.17 bits per heavy atom. The van der Waals surface area contributed by atoms with Crippen molar-refractivity contribution in [3.05, 3.63) is 41.7 Å². The number of aryl methyl sites for hydroxylation is 1. The van der Waals surface area contributed by atoms with Gasteiger partial charge in [0.1, 0.15) is 0 Å². The maximum Gasteiger partial charge on any atom is 0.344 e. The number of nitrogens with zero attached hydrogens (tertiary/aromatic N) is 3. The topological polar surface area (TPSA) is 76.8 Å². The van der Waals surface area contributed by atoms with Crippen molar-refractivity contribution in [3.63, 3.8) is 0 Å². The van der Waals surface area contributed by atoms with E-state index in [0.717, 1.165) is 17.7 Å². The van der Waals surface area contributed by atoms with Crippen molar-refractivity contribution in [3.8, 4) is 11.5 Å². The Morgan fingerprint density at radius 1 is 1.42 bits per heavy atom. The van der Waals surface area contributed by atoms with Crippen molar-refractivity contribution in [2.24, 2.45) is 7.05 Å². The number of aliphatic carboxylic acids is 1. The Morgan fingerprint density at radius 3 is 2.75 bits per heavy atom. The highest BCUT2D eigenvalue weighted by Crippen LogP contribution is 2.33. The molecule has 2 aromatic rings. The van der Waals surface area contributed by atoms with Gasteiger partial charge in [-0.1, -0.05) is 12.1 Å². The largest absolute Gasteiger partial charge is 0.493 e. The van der Waals surface area contributed by atoms with Gasteiger partial charge in [-0.05, 0) is 20.0 Å². The summed E-state index contributed by atoms with van der Waals surface area (Å²) in [7, 11) is 5.40. The zero-order chi connectivity index (χ0) is 17.7. The molecule has 24 heavy (non-hydrogen) atoms. The first-order valence-electron chi connectivity index (χ1n) is 7.62. The number of carbonyl (C=O) groups is 1. The van der Waals surface area contributed by atoms with Crippen LogP contribution < -0.4 is 9.47 Å². The van der Waals surface area contributed by atoms with Crippen LogP contribution in [0.15, 0.2) is 30.6 Å². The van der Waals surface area contributed by atoms with Gasteiger partial charge >= 0.3 is 5.97 Å². The molecule has 0 radical (unpaired) electrons. The Bertz CT molecular complexity index is 699. The van der Waals surface area contributed by atoms with Gasteiger partial charge in [0.05, 0.1) is 13.3 Å². The minimum absolute atomic E-state index is 0.466. The van der Waals surface area contributed by atoms with E-state index >= 15 is 0 Å². The number of carboxylic acid groups (broad SMARTS) is 1. The van der Waals surface area contributed by atoms with Gasteiger partial charge in [0.25, 0.3) is 0 Å². The van der Waals surface area contributed by atoms with Crippen LogP contribution in [0.25, 0.3) is 0 Å². The van der Waals surface area contributed by atoms with Gasteiger partial charge in [-0.2, -0.15) is 5.10 Å². The van der Waals surface area contributed by atoms with Crippen molar-refractivity contribution in [2.45, 2.75) is 26.1 Å². The average Bonchev–Trinajstić information content (AvgIpc) is 2.93. The first-order chi connectivity index (χ1) is 11.4. The highest BCUT2D eigenvalue weighted by Gasteiger charge is 2.19. The predicted octanol–water partition coefficient (Wildman–Crippen LogP) is 1.91. The maximum absolute atomic E-state index is 11.1. The summed E-state index contributed by atoms with van der Waals surface area (Å²) < 4.78 is 12.7. The summed E-state index contributed by atoms with van der Waals surface area (Å²) in [5, 5.41) is 13.3.